The first kappa shape index (κ1) is 18.1. The molecule has 1 aromatic carbocycles. The van der Waals surface area contributed by atoms with E-state index in [0.29, 0.717) is 11.9 Å². The van der Waals surface area contributed by atoms with Crippen molar-refractivity contribution in [3.8, 4) is 5.75 Å². The number of guanidine groups is 1. The Morgan fingerprint density at radius 2 is 1.95 bits per heavy atom. The van der Waals surface area contributed by atoms with Crippen LogP contribution < -0.4 is 15.4 Å². The van der Waals surface area contributed by atoms with Crippen LogP contribution in [0.5, 0.6) is 5.75 Å². The topological polar surface area (TPSA) is 45.7 Å². The molecule has 0 radical (unpaired) electrons. The summed E-state index contributed by atoms with van der Waals surface area (Å²) < 4.78 is 42.9. The van der Waals surface area contributed by atoms with Gasteiger partial charge in [-0.2, -0.15) is 8.78 Å². The molecule has 1 rings (SSSR count). The summed E-state index contributed by atoms with van der Waals surface area (Å²) in [5.74, 6) is 0.0464. The summed E-state index contributed by atoms with van der Waals surface area (Å²) in [6.45, 7) is 3.08. The summed E-state index contributed by atoms with van der Waals surface area (Å²) in [7, 11) is 1.58. The van der Waals surface area contributed by atoms with Crippen molar-refractivity contribution in [3.05, 3.63) is 29.6 Å². The first-order valence-electron chi connectivity index (χ1n) is 7.04. The molecule has 0 heterocycles. The van der Waals surface area contributed by atoms with E-state index in [9.17, 15) is 13.2 Å². The zero-order chi connectivity index (χ0) is 16.7. The number of ether oxygens (including phenoxy) is 1. The number of hydrogen-bond donors (Lipinski definition) is 2. The molecular weight excluding hydrogens is 295 g/mol. The first-order valence-corrected chi connectivity index (χ1v) is 7.04. The quantitative estimate of drug-likeness (QED) is 0.626. The molecule has 0 saturated carbocycles. The molecule has 0 spiro atoms. The summed E-state index contributed by atoms with van der Waals surface area (Å²) in [4.78, 5) is 4.03. The number of nitrogens with one attached hydrogen (secondary N) is 2. The van der Waals surface area contributed by atoms with Crippen molar-refractivity contribution in [2.24, 2.45) is 10.9 Å². The number of halogens is 3. The van der Waals surface area contributed by atoms with Gasteiger partial charge in [0.25, 0.3) is 0 Å². The molecule has 0 aliphatic rings. The van der Waals surface area contributed by atoms with E-state index < -0.39 is 12.4 Å². The number of benzene rings is 1. The molecule has 0 aliphatic carbocycles. The van der Waals surface area contributed by atoms with Gasteiger partial charge >= 0.3 is 6.61 Å². The Hall–Kier alpha value is -1.92. The fraction of sp³-hybridized carbons (Fsp3) is 0.533. The van der Waals surface area contributed by atoms with Crippen LogP contribution in [0.3, 0.4) is 0 Å². The van der Waals surface area contributed by atoms with Gasteiger partial charge < -0.3 is 15.4 Å². The van der Waals surface area contributed by atoms with Crippen molar-refractivity contribution in [2.75, 3.05) is 7.05 Å². The van der Waals surface area contributed by atoms with E-state index in [2.05, 4.69) is 34.2 Å². The molecule has 0 fully saturated rings. The third-order valence-corrected chi connectivity index (χ3v) is 3.31. The van der Waals surface area contributed by atoms with Gasteiger partial charge in [0.15, 0.2) is 5.96 Å². The Balaban J connectivity index is 2.78. The number of rotatable bonds is 6. The van der Waals surface area contributed by atoms with Crippen LogP contribution in [-0.2, 0) is 6.54 Å². The highest BCUT2D eigenvalue weighted by Crippen LogP contribution is 2.23. The lowest BCUT2D eigenvalue weighted by Gasteiger charge is -2.21. The van der Waals surface area contributed by atoms with E-state index in [0.717, 1.165) is 0 Å². The monoisotopic (exact) mass is 317 g/mol. The summed E-state index contributed by atoms with van der Waals surface area (Å²) in [6, 6.07) is 3.98. The Bertz CT molecular complexity index is 507. The molecule has 7 heteroatoms. The first-order chi connectivity index (χ1) is 10.3. The Morgan fingerprint density at radius 3 is 2.50 bits per heavy atom. The fourth-order valence-electron chi connectivity index (χ4n) is 1.67. The second-order valence-corrected chi connectivity index (χ2v) is 5.20. The molecule has 4 nitrogen and oxygen atoms in total. The normalized spacial score (nSPS) is 13.4. The largest absolute Gasteiger partial charge is 0.434 e. The van der Waals surface area contributed by atoms with E-state index >= 15 is 0 Å². The number of aliphatic imine (C=N–C) groups is 1. The summed E-state index contributed by atoms with van der Waals surface area (Å²) in [5, 5.41) is 6.04. The van der Waals surface area contributed by atoms with Crippen LogP contribution in [0.25, 0.3) is 0 Å². The minimum Gasteiger partial charge on any atom is -0.434 e. The Labute approximate surface area is 128 Å². The second-order valence-electron chi connectivity index (χ2n) is 5.20. The standard InChI is InChI=1S/C15H22F3N3O/c1-9(2)10(3)21-15(19-4)20-8-11-12(16)6-5-7-13(11)22-14(17)18/h5-7,9-10,14H,8H2,1-4H3,(H2,19,20,21). The van der Waals surface area contributed by atoms with Gasteiger partial charge in [0, 0.05) is 25.2 Å². The van der Waals surface area contributed by atoms with Crippen molar-refractivity contribution in [1.29, 1.82) is 0 Å². The second kappa shape index (κ2) is 8.51. The lowest BCUT2D eigenvalue weighted by atomic mass is 10.1. The molecular formula is C15H22F3N3O. The molecule has 0 bridgehead atoms. The molecule has 1 atom stereocenters. The van der Waals surface area contributed by atoms with Gasteiger partial charge in [0.2, 0.25) is 0 Å². The lowest BCUT2D eigenvalue weighted by Crippen LogP contribution is -2.44. The summed E-state index contributed by atoms with van der Waals surface area (Å²) in [6.07, 6.45) is 0. The van der Waals surface area contributed by atoms with Gasteiger partial charge in [-0.15, -0.1) is 0 Å². The van der Waals surface area contributed by atoms with Gasteiger partial charge in [-0.25, -0.2) is 4.39 Å². The van der Waals surface area contributed by atoms with E-state index in [1.165, 1.54) is 18.2 Å². The molecule has 0 aliphatic heterocycles. The predicted octanol–water partition coefficient (Wildman–Crippen LogP) is 3.14. The molecule has 2 N–H and O–H groups in total. The average Bonchev–Trinajstić information content (AvgIpc) is 2.44. The number of hydrogen-bond acceptors (Lipinski definition) is 2. The van der Waals surface area contributed by atoms with Crippen LogP contribution in [0.1, 0.15) is 26.3 Å². The van der Waals surface area contributed by atoms with Crippen molar-refractivity contribution >= 4 is 5.96 Å². The van der Waals surface area contributed by atoms with Gasteiger partial charge in [-0.05, 0) is 25.0 Å². The third kappa shape index (κ3) is 5.46. The zero-order valence-corrected chi connectivity index (χ0v) is 13.2. The molecule has 124 valence electrons. The Morgan fingerprint density at radius 1 is 1.27 bits per heavy atom. The molecule has 1 unspecified atom stereocenters. The molecule has 1 aromatic rings. The fourth-order valence-corrected chi connectivity index (χ4v) is 1.67. The molecule has 0 saturated heterocycles. The van der Waals surface area contributed by atoms with E-state index in [1.807, 2.05) is 6.92 Å². The van der Waals surface area contributed by atoms with Crippen LogP contribution >= 0.6 is 0 Å². The summed E-state index contributed by atoms with van der Waals surface area (Å²) in [5.41, 5.74) is 0.0305. The maximum absolute atomic E-state index is 13.8. The van der Waals surface area contributed by atoms with Crippen molar-refractivity contribution in [3.63, 3.8) is 0 Å². The molecule has 22 heavy (non-hydrogen) atoms. The SMILES string of the molecule is CN=C(NCc1c(F)cccc1OC(F)F)NC(C)C(C)C. The van der Waals surface area contributed by atoms with E-state index in [4.69, 9.17) is 0 Å². The van der Waals surface area contributed by atoms with Gasteiger partial charge in [-0.1, -0.05) is 19.9 Å². The van der Waals surface area contributed by atoms with Crippen molar-refractivity contribution in [1.82, 2.24) is 10.6 Å². The maximum atomic E-state index is 13.8. The number of nitrogens with zero attached hydrogens (tertiary/aromatic N) is 1. The minimum atomic E-state index is -3.00. The van der Waals surface area contributed by atoms with Crippen LogP contribution in [-0.4, -0.2) is 25.7 Å². The lowest BCUT2D eigenvalue weighted by molar-refractivity contribution is -0.0506. The van der Waals surface area contributed by atoms with Gasteiger partial charge in [0.05, 0.1) is 0 Å². The third-order valence-electron chi connectivity index (χ3n) is 3.31. The van der Waals surface area contributed by atoms with E-state index in [1.54, 1.807) is 7.05 Å². The Kier molecular flexibility index (Phi) is 7.01. The van der Waals surface area contributed by atoms with Gasteiger partial charge in [-0.3, -0.25) is 4.99 Å². The minimum absolute atomic E-state index is 0.0147. The van der Waals surface area contributed by atoms with Gasteiger partial charge in [0.1, 0.15) is 11.6 Å². The smallest absolute Gasteiger partial charge is 0.387 e. The van der Waals surface area contributed by atoms with Crippen LogP contribution in [0.15, 0.2) is 23.2 Å². The average molecular weight is 317 g/mol. The highest BCUT2D eigenvalue weighted by molar-refractivity contribution is 5.80. The highest BCUT2D eigenvalue weighted by atomic mass is 19.3. The van der Waals surface area contributed by atoms with Crippen LogP contribution in [0, 0.1) is 11.7 Å². The van der Waals surface area contributed by atoms with Crippen LogP contribution in [0.4, 0.5) is 13.2 Å². The zero-order valence-electron chi connectivity index (χ0n) is 13.2. The predicted molar refractivity (Wildman–Crippen MR) is 80.7 cm³/mol. The maximum Gasteiger partial charge on any atom is 0.387 e. The highest BCUT2D eigenvalue weighted by Gasteiger charge is 2.15. The molecule has 0 amide bonds. The number of alkyl halides is 2. The van der Waals surface area contributed by atoms with Crippen molar-refractivity contribution in [2.45, 2.75) is 40.0 Å². The van der Waals surface area contributed by atoms with Crippen LogP contribution in [0.2, 0.25) is 0 Å². The summed E-state index contributed by atoms with van der Waals surface area (Å²) >= 11 is 0. The van der Waals surface area contributed by atoms with E-state index in [-0.39, 0.29) is 23.9 Å². The molecule has 0 aromatic heterocycles. The van der Waals surface area contributed by atoms with Crippen molar-refractivity contribution < 1.29 is 17.9 Å².